The normalized spacial score (nSPS) is 28.6. The lowest BCUT2D eigenvalue weighted by molar-refractivity contribution is 0.0581. The van der Waals surface area contributed by atoms with E-state index < -0.39 is 0 Å². The van der Waals surface area contributed by atoms with Crippen LogP contribution in [0.1, 0.15) is 40.0 Å². The van der Waals surface area contributed by atoms with Crippen LogP contribution in [0.15, 0.2) is 0 Å². The molecule has 2 atom stereocenters. The van der Waals surface area contributed by atoms with Crippen LogP contribution in [0.5, 0.6) is 0 Å². The predicted molar refractivity (Wildman–Crippen MR) is 55.9 cm³/mol. The highest BCUT2D eigenvalue weighted by Crippen LogP contribution is 2.13. The van der Waals surface area contributed by atoms with Crippen LogP contribution in [0.25, 0.3) is 0 Å². The molecule has 1 fully saturated rings. The molecule has 13 heavy (non-hydrogen) atoms. The van der Waals surface area contributed by atoms with E-state index in [-0.39, 0.29) is 0 Å². The minimum absolute atomic E-state index is 0.476. The van der Waals surface area contributed by atoms with Crippen molar-refractivity contribution in [3.8, 4) is 0 Å². The van der Waals surface area contributed by atoms with Crippen LogP contribution in [0.2, 0.25) is 0 Å². The lowest BCUT2D eigenvalue weighted by Gasteiger charge is -2.11. The van der Waals surface area contributed by atoms with Crippen LogP contribution < -0.4 is 5.32 Å². The zero-order valence-corrected chi connectivity index (χ0v) is 9.18. The highest BCUT2D eigenvalue weighted by atomic mass is 16.5. The number of rotatable bonds is 5. The summed E-state index contributed by atoms with van der Waals surface area (Å²) >= 11 is 0. The lowest BCUT2D eigenvalue weighted by atomic mass is 10.1. The molecule has 0 spiro atoms. The molecule has 0 bridgehead atoms. The summed E-state index contributed by atoms with van der Waals surface area (Å²) in [5, 5.41) is 3.47. The first kappa shape index (κ1) is 11.0. The van der Waals surface area contributed by atoms with Gasteiger partial charge in [0.2, 0.25) is 0 Å². The molecule has 1 saturated heterocycles. The van der Waals surface area contributed by atoms with Gasteiger partial charge >= 0.3 is 0 Å². The third kappa shape index (κ3) is 4.10. The maximum Gasteiger partial charge on any atom is 0.0714 e. The smallest absolute Gasteiger partial charge is 0.0714 e. The highest BCUT2D eigenvalue weighted by Gasteiger charge is 2.22. The Bertz CT molecular complexity index is 136. The fraction of sp³-hybridized carbons (Fsp3) is 1.00. The zero-order chi connectivity index (χ0) is 9.68. The summed E-state index contributed by atoms with van der Waals surface area (Å²) in [6.07, 6.45) is 4.09. The fourth-order valence-corrected chi connectivity index (χ4v) is 1.69. The van der Waals surface area contributed by atoms with Gasteiger partial charge in [0.25, 0.3) is 0 Å². The Balaban J connectivity index is 2.03. The minimum Gasteiger partial charge on any atom is -0.377 e. The Labute approximate surface area is 82.0 Å². The molecule has 0 saturated carbocycles. The molecule has 1 aliphatic heterocycles. The Morgan fingerprint density at radius 3 is 2.77 bits per heavy atom. The Hall–Kier alpha value is -0.0800. The lowest BCUT2D eigenvalue weighted by Crippen LogP contribution is -2.20. The summed E-state index contributed by atoms with van der Waals surface area (Å²) < 4.78 is 5.78. The van der Waals surface area contributed by atoms with Gasteiger partial charge in [0.05, 0.1) is 6.10 Å². The molecule has 0 amide bonds. The monoisotopic (exact) mass is 185 g/mol. The van der Waals surface area contributed by atoms with E-state index >= 15 is 0 Å². The average molecular weight is 185 g/mol. The van der Waals surface area contributed by atoms with Crippen LogP contribution >= 0.6 is 0 Å². The van der Waals surface area contributed by atoms with Gasteiger partial charge in [0, 0.05) is 19.2 Å². The van der Waals surface area contributed by atoms with Gasteiger partial charge in [0.1, 0.15) is 0 Å². The molecule has 0 aromatic rings. The summed E-state index contributed by atoms with van der Waals surface area (Å²) in [4.78, 5) is 0. The fourth-order valence-electron chi connectivity index (χ4n) is 1.69. The van der Waals surface area contributed by atoms with Gasteiger partial charge in [-0.05, 0) is 25.2 Å². The minimum atomic E-state index is 0.476. The summed E-state index contributed by atoms with van der Waals surface area (Å²) in [6.45, 7) is 8.70. The molecule has 0 radical (unpaired) electrons. The molecule has 0 aliphatic carbocycles. The third-order valence-corrected chi connectivity index (χ3v) is 2.72. The van der Waals surface area contributed by atoms with Crippen molar-refractivity contribution in [3.63, 3.8) is 0 Å². The van der Waals surface area contributed by atoms with E-state index in [0.717, 1.165) is 19.1 Å². The van der Waals surface area contributed by atoms with Crippen LogP contribution in [-0.2, 0) is 4.74 Å². The largest absolute Gasteiger partial charge is 0.377 e. The van der Waals surface area contributed by atoms with Crippen LogP contribution in [-0.4, -0.2) is 25.3 Å². The molecule has 0 aromatic heterocycles. The molecule has 1 heterocycles. The number of hydrogen-bond acceptors (Lipinski definition) is 2. The second-order valence-corrected chi connectivity index (χ2v) is 4.42. The first-order chi connectivity index (χ1) is 6.22. The standard InChI is InChI=1S/C11H23NO/c1-4-10-7-11(8-12-10)13-6-5-9(2)3/h9-12H,4-8H2,1-3H3. The summed E-state index contributed by atoms with van der Waals surface area (Å²) in [7, 11) is 0. The molecule has 1 rings (SSSR count). The average Bonchev–Trinajstić information content (AvgIpc) is 2.52. The van der Waals surface area contributed by atoms with Gasteiger partial charge in [-0.1, -0.05) is 20.8 Å². The van der Waals surface area contributed by atoms with Crippen molar-refractivity contribution in [2.45, 2.75) is 52.2 Å². The molecular formula is C11H23NO. The summed E-state index contributed by atoms with van der Waals surface area (Å²) in [6, 6.07) is 0.698. The number of nitrogens with one attached hydrogen (secondary N) is 1. The highest BCUT2D eigenvalue weighted by molar-refractivity contribution is 4.80. The molecule has 2 unspecified atom stereocenters. The third-order valence-electron chi connectivity index (χ3n) is 2.72. The van der Waals surface area contributed by atoms with E-state index in [0.29, 0.717) is 12.1 Å². The van der Waals surface area contributed by atoms with Gasteiger partial charge in [-0.15, -0.1) is 0 Å². The van der Waals surface area contributed by atoms with Gasteiger partial charge in [-0.25, -0.2) is 0 Å². The molecule has 2 heteroatoms. The van der Waals surface area contributed by atoms with Crippen molar-refractivity contribution in [2.24, 2.45) is 5.92 Å². The molecule has 2 nitrogen and oxygen atoms in total. The van der Waals surface area contributed by atoms with Gasteiger partial charge in [-0.3, -0.25) is 0 Å². The zero-order valence-electron chi connectivity index (χ0n) is 9.18. The van der Waals surface area contributed by atoms with E-state index in [2.05, 4.69) is 26.1 Å². The molecule has 1 N–H and O–H groups in total. The number of ether oxygens (including phenoxy) is 1. The molecule has 78 valence electrons. The van der Waals surface area contributed by atoms with Crippen molar-refractivity contribution >= 4 is 0 Å². The maximum absolute atomic E-state index is 5.78. The second kappa shape index (κ2) is 5.61. The van der Waals surface area contributed by atoms with Crippen LogP contribution in [0.4, 0.5) is 0 Å². The van der Waals surface area contributed by atoms with Crippen molar-refractivity contribution in [3.05, 3.63) is 0 Å². The maximum atomic E-state index is 5.78. The topological polar surface area (TPSA) is 21.3 Å². The quantitative estimate of drug-likeness (QED) is 0.709. The summed E-state index contributed by atoms with van der Waals surface area (Å²) in [5.74, 6) is 0.760. The molecule has 1 aliphatic rings. The van der Waals surface area contributed by atoms with Crippen LogP contribution in [0, 0.1) is 5.92 Å². The Morgan fingerprint density at radius 2 is 2.23 bits per heavy atom. The van der Waals surface area contributed by atoms with Crippen LogP contribution in [0.3, 0.4) is 0 Å². The van der Waals surface area contributed by atoms with Crippen molar-refractivity contribution in [2.75, 3.05) is 13.2 Å². The van der Waals surface area contributed by atoms with Crippen molar-refractivity contribution < 1.29 is 4.74 Å². The first-order valence-electron chi connectivity index (χ1n) is 5.57. The molecule has 0 aromatic carbocycles. The predicted octanol–water partition coefficient (Wildman–Crippen LogP) is 2.19. The summed E-state index contributed by atoms with van der Waals surface area (Å²) in [5.41, 5.74) is 0. The molecular weight excluding hydrogens is 162 g/mol. The van der Waals surface area contributed by atoms with Gasteiger partial charge in [0.15, 0.2) is 0 Å². The van der Waals surface area contributed by atoms with E-state index in [1.807, 2.05) is 0 Å². The van der Waals surface area contributed by atoms with E-state index in [1.165, 1.54) is 19.3 Å². The Kier molecular flexibility index (Phi) is 4.74. The van der Waals surface area contributed by atoms with Crippen molar-refractivity contribution in [1.82, 2.24) is 5.32 Å². The van der Waals surface area contributed by atoms with E-state index in [9.17, 15) is 0 Å². The Morgan fingerprint density at radius 1 is 1.46 bits per heavy atom. The first-order valence-corrected chi connectivity index (χ1v) is 5.57. The second-order valence-electron chi connectivity index (χ2n) is 4.42. The van der Waals surface area contributed by atoms with Gasteiger partial charge in [-0.2, -0.15) is 0 Å². The van der Waals surface area contributed by atoms with Crippen molar-refractivity contribution in [1.29, 1.82) is 0 Å². The van der Waals surface area contributed by atoms with E-state index in [1.54, 1.807) is 0 Å². The SMILES string of the molecule is CCC1CC(OCCC(C)C)CN1. The van der Waals surface area contributed by atoms with Gasteiger partial charge < -0.3 is 10.1 Å². The number of hydrogen-bond donors (Lipinski definition) is 1. The van der Waals surface area contributed by atoms with E-state index in [4.69, 9.17) is 4.74 Å².